The Morgan fingerprint density at radius 1 is 1.24 bits per heavy atom. The SMILES string of the molecule is CNCc1c(S(=O)(=O)N(CC2CC2)CC2CC2)n[nH]c1C. The minimum atomic E-state index is -3.49. The van der Waals surface area contributed by atoms with Crippen LogP contribution in [0.4, 0.5) is 0 Å². The molecule has 0 aromatic carbocycles. The molecule has 7 heteroatoms. The van der Waals surface area contributed by atoms with Crippen molar-refractivity contribution < 1.29 is 8.42 Å². The second-order valence-electron chi connectivity index (χ2n) is 6.37. The Kier molecular flexibility index (Phi) is 4.07. The van der Waals surface area contributed by atoms with Gasteiger partial charge in [-0.25, -0.2) is 8.42 Å². The molecule has 0 radical (unpaired) electrons. The van der Waals surface area contributed by atoms with Gasteiger partial charge in [-0.2, -0.15) is 9.40 Å². The average molecular weight is 312 g/mol. The van der Waals surface area contributed by atoms with Crippen molar-refractivity contribution in [3.8, 4) is 0 Å². The van der Waals surface area contributed by atoms with E-state index in [1.54, 1.807) is 4.31 Å². The maximum absolute atomic E-state index is 13.0. The lowest BCUT2D eigenvalue weighted by Gasteiger charge is -2.21. The van der Waals surface area contributed by atoms with Gasteiger partial charge in [-0.05, 0) is 51.5 Å². The molecule has 0 amide bonds. The normalized spacial score (nSPS) is 19.4. The summed E-state index contributed by atoms with van der Waals surface area (Å²) >= 11 is 0. The van der Waals surface area contributed by atoms with Crippen molar-refractivity contribution in [1.29, 1.82) is 0 Å². The molecular formula is C14H24N4O2S. The lowest BCUT2D eigenvalue weighted by atomic mass is 10.3. The molecule has 1 aromatic heterocycles. The zero-order chi connectivity index (χ0) is 15.0. The van der Waals surface area contributed by atoms with Gasteiger partial charge in [0, 0.05) is 30.9 Å². The fraction of sp³-hybridized carbons (Fsp3) is 0.786. The van der Waals surface area contributed by atoms with Crippen LogP contribution in [-0.4, -0.2) is 43.1 Å². The summed E-state index contributed by atoms with van der Waals surface area (Å²) in [7, 11) is -1.68. The fourth-order valence-corrected chi connectivity index (χ4v) is 4.35. The highest BCUT2D eigenvalue weighted by atomic mass is 32.2. The molecule has 2 saturated carbocycles. The highest BCUT2D eigenvalue weighted by Gasteiger charge is 2.37. The molecule has 2 aliphatic carbocycles. The van der Waals surface area contributed by atoms with E-state index in [0.29, 0.717) is 31.5 Å². The number of hydrogen-bond acceptors (Lipinski definition) is 4. The van der Waals surface area contributed by atoms with Gasteiger partial charge in [0.25, 0.3) is 10.0 Å². The van der Waals surface area contributed by atoms with Gasteiger partial charge in [0.05, 0.1) is 0 Å². The number of aryl methyl sites for hydroxylation is 1. The molecule has 3 rings (SSSR count). The molecule has 6 nitrogen and oxygen atoms in total. The molecule has 0 atom stereocenters. The van der Waals surface area contributed by atoms with Crippen molar-refractivity contribution in [3.05, 3.63) is 11.3 Å². The minimum Gasteiger partial charge on any atom is -0.316 e. The first-order valence-electron chi connectivity index (χ1n) is 7.71. The Morgan fingerprint density at radius 2 is 1.81 bits per heavy atom. The number of aromatic amines is 1. The first-order chi connectivity index (χ1) is 10.0. The number of nitrogens with one attached hydrogen (secondary N) is 2. The standard InChI is InChI=1S/C14H24N4O2S/c1-10-13(7-15-2)14(17-16-10)21(19,20)18(8-11-3-4-11)9-12-5-6-12/h11-12,15H,3-9H2,1-2H3,(H,16,17). The van der Waals surface area contributed by atoms with Crippen LogP contribution in [0.2, 0.25) is 0 Å². The predicted molar refractivity (Wildman–Crippen MR) is 80.3 cm³/mol. The highest BCUT2D eigenvalue weighted by molar-refractivity contribution is 7.89. The third-order valence-electron chi connectivity index (χ3n) is 4.29. The largest absolute Gasteiger partial charge is 0.316 e. The number of nitrogens with zero attached hydrogens (tertiary/aromatic N) is 2. The van der Waals surface area contributed by atoms with Crippen LogP contribution in [0.3, 0.4) is 0 Å². The third kappa shape index (κ3) is 3.30. The monoisotopic (exact) mass is 312 g/mol. The molecule has 0 unspecified atom stereocenters. The molecule has 118 valence electrons. The summed E-state index contributed by atoms with van der Waals surface area (Å²) < 4.78 is 27.6. The average Bonchev–Trinajstić information content (AvgIpc) is 3.33. The van der Waals surface area contributed by atoms with E-state index in [0.717, 1.165) is 36.9 Å². The van der Waals surface area contributed by atoms with E-state index in [-0.39, 0.29) is 5.03 Å². The van der Waals surface area contributed by atoms with Gasteiger partial charge in [0.15, 0.2) is 5.03 Å². The number of H-pyrrole nitrogens is 1. The van der Waals surface area contributed by atoms with Crippen molar-refractivity contribution >= 4 is 10.0 Å². The van der Waals surface area contributed by atoms with Crippen LogP contribution in [0.5, 0.6) is 0 Å². The topological polar surface area (TPSA) is 78.1 Å². The van der Waals surface area contributed by atoms with Crippen LogP contribution < -0.4 is 5.32 Å². The summed E-state index contributed by atoms with van der Waals surface area (Å²) in [6, 6.07) is 0. The molecule has 2 N–H and O–H groups in total. The van der Waals surface area contributed by atoms with E-state index in [1.165, 1.54) is 0 Å². The summed E-state index contributed by atoms with van der Waals surface area (Å²) in [4.78, 5) is 0. The highest BCUT2D eigenvalue weighted by Crippen LogP contribution is 2.36. The van der Waals surface area contributed by atoms with Crippen LogP contribution in [0.25, 0.3) is 0 Å². The van der Waals surface area contributed by atoms with Crippen LogP contribution >= 0.6 is 0 Å². The van der Waals surface area contributed by atoms with Gasteiger partial charge in [-0.3, -0.25) is 5.10 Å². The van der Waals surface area contributed by atoms with Crippen molar-refractivity contribution in [2.75, 3.05) is 20.1 Å². The lowest BCUT2D eigenvalue weighted by Crippen LogP contribution is -2.35. The summed E-state index contributed by atoms with van der Waals surface area (Å²) in [5.74, 6) is 1.10. The molecule has 2 aliphatic rings. The van der Waals surface area contributed by atoms with Crippen LogP contribution in [0.1, 0.15) is 36.9 Å². The van der Waals surface area contributed by atoms with E-state index in [2.05, 4.69) is 15.5 Å². The Labute approximate surface area is 126 Å². The summed E-state index contributed by atoms with van der Waals surface area (Å²) in [6.07, 6.45) is 4.61. The van der Waals surface area contributed by atoms with E-state index >= 15 is 0 Å². The summed E-state index contributed by atoms with van der Waals surface area (Å²) in [6.45, 7) is 3.69. The van der Waals surface area contributed by atoms with Crippen molar-refractivity contribution in [2.24, 2.45) is 11.8 Å². The number of hydrogen-bond donors (Lipinski definition) is 2. The van der Waals surface area contributed by atoms with E-state index in [4.69, 9.17) is 0 Å². The molecule has 21 heavy (non-hydrogen) atoms. The van der Waals surface area contributed by atoms with Gasteiger partial charge >= 0.3 is 0 Å². The molecule has 0 aliphatic heterocycles. The van der Waals surface area contributed by atoms with Gasteiger partial charge in [-0.15, -0.1) is 0 Å². The van der Waals surface area contributed by atoms with E-state index in [9.17, 15) is 8.42 Å². The first-order valence-corrected chi connectivity index (χ1v) is 9.15. The van der Waals surface area contributed by atoms with Crippen LogP contribution in [0, 0.1) is 18.8 Å². The van der Waals surface area contributed by atoms with E-state index < -0.39 is 10.0 Å². The van der Waals surface area contributed by atoms with Gasteiger partial charge in [0.1, 0.15) is 0 Å². The number of rotatable bonds is 8. The van der Waals surface area contributed by atoms with Crippen molar-refractivity contribution in [3.63, 3.8) is 0 Å². The van der Waals surface area contributed by atoms with Crippen molar-refractivity contribution in [2.45, 2.75) is 44.2 Å². The van der Waals surface area contributed by atoms with Crippen molar-refractivity contribution in [1.82, 2.24) is 19.8 Å². The molecule has 0 bridgehead atoms. The van der Waals surface area contributed by atoms with Crippen LogP contribution in [0.15, 0.2) is 5.03 Å². The van der Waals surface area contributed by atoms with Gasteiger partial charge in [-0.1, -0.05) is 0 Å². The number of aromatic nitrogens is 2. The molecular weight excluding hydrogens is 288 g/mol. The minimum absolute atomic E-state index is 0.204. The predicted octanol–water partition coefficient (Wildman–Crippen LogP) is 1.25. The zero-order valence-corrected chi connectivity index (χ0v) is 13.5. The molecule has 0 saturated heterocycles. The Morgan fingerprint density at radius 3 is 2.29 bits per heavy atom. The van der Waals surface area contributed by atoms with Gasteiger partial charge < -0.3 is 5.32 Å². The maximum atomic E-state index is 13.0. The lowest BCUT2D eigenvalue weighted by molar-refractivity contribution is 0.380. The fourth-order valence-electron chi connectivity index (χ4n) is 2.60. The maximum Gasteiger partial charge on any atom is 0.262 e. The second kappa shape index (κ2) is 5.70. The van der Waals surface area contributed by atoms with Crippen LogP contribution in [-0.2, 0) is 16.6 Å². The molecule has 0 spiro atoms. The second-order valence-corrected chi connectivity index (χ2v) is 8.22. The Hall–Kier alpha value is -0.920. The number of sulfonamides is 1. The smallest absolute Gasteiger partial charge is 0.262 e. The Bertz CT molecular complexity index is 588. The van der Waals surface area contributed by atoms with E-state index in [1.807, 2.05) is 14.0 Å². The quantitative estimate of drug-likeness (QED) is 0.757. The summed E-state index contributed by atoms with van der Waals surface area (Å²) in [5, 5.41) is 10.1. The van der Waals surface area contributed by atoms with Gasteiger partial charge in [0.2, 0.25) is 0 Å². The first kappa shape index (κ1) is 15.0. The molecule has 1 heterocycles. The molecule has 2 fully saturated rings. The Balaban J connectivity index is 1.88. The summed E-state index contributed by atoms with van der Waals surface area (Å²) in [5.41, 5.74) is 1.58. The third-order valence-corrected chi connectivity index (χ3v) is 6.10. The zero-order valence-electron chi connectivity index (χ0n) is 12.7. The molecule has 1 aromatic rings.